The molecule has 0 fully saturated rings. The third-order valence-electron chi connectivity index (χ3n) is 4.00. The fraction of sp³-hybridized carbons (Fsp3) is 0.294. The van der Waals surface area contributed by atoms with E-state index in [2.05, 4.69) is 15.1 Å². The minimum atomic E-state index is -3.82. The largest absolute Gasteiger partial charge is 0.465 e. The van der Waals surface area contributed by atoms with E-state index in [1.165, 1.54) is 35.1 Å². The number of fused-ring (bicyclic) bond motifs is 1. The first-order valence-electron chi connectivity index (χ1n) is 8.69. The minimum Gasteiger partial charge on any atom is -0.465 e. The van der Waals surface area contributed by atoms with Crippen LogP contribution in [0.4, 0.5) is 0 Å². The fourth-order valence-corrected chi connectivity index (χ4v) is 3.99. The van der Waals surface area contributed by atoms with E-state index in [4.69, 9.17) is 9.88 Å². The molecule has 3 N–H and O–H groups in total. The number of carbonyl (C=O) groups excluding carboxylic acids is 1. The molecule has 0 aliphatic heterocycles. The Morgan fingerprint density at radius 1 is 1.31 bits per heavy atom. The third-order valence-corrected chi connectivity index (χ3v) is 6.16. The van der Waals surface area contributed by atoms with Crippen LogP contribution in [-0.4, -0.2) is 46.0 Å². The summed E-state index contributed by atoms with van der Waals surface area (Å²) < 4.78 is 29.3. The molecule has 0 saturated heterocycles. The highest BCUT2D eigenvalue weighted by molar-refractivity contribution is 8.00. The first-order valence-corrected chi connectivity index (χ1v) is 11.1. The van der Waals surface area contributed by atoms with E-state index in [9.17, 15) is 18.0 Å². The van der Waals surface area contributed by atoms with E-state index in [0.29, 0.717) is 12.1 Å². The van der Waals surface area contributed by atoms with Crippen molar-refractivity contribution in [1.82, 2.24) is 19.7 Å². The zero-order chi connectivity index (χ0) is 21.2. The van der Waals surface area contributed by atoms with Gasteiger partial charge in [-0.3, -0.25) is 9.59 Å². The molecule has 12 heteroatoms. The SMILES string of the molecule is CCOC(=O)C(CC)Sc1nc2c(cnn2-c2ccc(S(N)(=O)=O)cc2)c(=O)[nH]1. The standard InChI is InChI=1S/C17H19N5O5S2/c1-3-13(16(24)27-4-2)28-17-20-14-12(15(23)21-17)9-19-22(14)10-5-7-11(8-6-10)29(18,25)26/h5-9,13H,3-4H2,1-2H3,(H2,18,25,26)(H,20,21,23). The number of nitrogens with zero attached hydrogens (tertiary/aromatic N) is 3. The van der Waals surface area contributed by atoms with E-state index in [-0.39, 0.29) is 33.7 Å². The van der Waals surface area contributed by atoms with Gasteiger partial charge in [0.2, 0.25) is 10.0 Å². The number of rotatable bonds is 7. The van der Waals surface area contributed by atoms with Crippen LogP contribution in [0, 0.1) is 0 Å². The Morgan fingerprint density at radius 3 is 2.59 bits per heavy atom. The van der Waals surface area contributed by atoms with Crippen LogP contribution < -0.4 is 10.7 Å². The van der Waals surface area contributed by atoms with Crippen molar-refractivity contribution in [3.8, 4) is 5.69 Å². The second-order valence-electron chi connectivity index (χ2n) is 5.97. The number of H-pyrrole nitrogens is 1. The molecular formula is C17H19N5O5S2. The second kappa shape index (κ2) is 8.35. The van der Waals surface area contributed by atoms with Gasteiger partial charge in [0, 0.05) is 0 Å². The maximum Gasteiger partial charge on any atom is 0.319 e. The van der Waals surface area contributed by atoms with Gasteiger partial charge >= 0.3 is 5.97 Å². The number of aromatic nitrogens is 4. The molecule has 2 heterocycles. The van der Waals surface area contributed by atoms with Gasteiger partial charge in [-0.2, -0.15) is 5.10 Å². The molecule has 29 heavy (non-hydrogen) atoms. The van der Waals surface area contributed by atoms with Crippen molar-refractivity contribution in [3.05, 3.63) is 40.8 Å². The highest BCUT2D eigenvalue weighted by atomic mass is 32.2. The number of benzene rings is 1. The van der Waals surface area contributed by atoms with E-state index in [1.54, 1.807) is 6.92 Å². The Kier molecular flexibility index (Phi) is 6.05. The third kappa shape index (κ3) is 4.49. The van der Waals surface area contributed by atoms with Gasteiger partial charge in [-0.1, -0.05) is 18.7 Å². The number of nitrogens with one attached hydrogen (secondary N) is 1. The van der Waals surface area contributed by atoms with Crippen molar-refractivity contribution in [1.29, 1.82) is 0 Å². The second-order valence-corrected chi connectivity index (χ2v) is 8.72. The summed E-state index contributed by atoms with van der Waals surface area (Å²) in [4.78, 5) is 31.5. The number of esters is 1. The number of nitrogens with two attached hydrogens (primary N) is 1. The lowest BCUT2D eigenvalue weighted by Gasteiger charge is -2.12. The van der Waals surface area contributed by atoms with E-state index >= 15 is 0 Å². The molecule has 1 aromatic carbocycles. The number of carbonyl (C=O) groups is 1. The first-order chi connectivity index (χ1) is 13.7. The van der Waals surface area contributed by atoms with Gasteiger partial charge in [-0.15, -0.1) is 0 Å². The molecule has 0 saturated carbocycles. The van der Waals surface area contributed by atoms with Gasteiger partial charge in [0.1, 0.15) is 10.6 Å². The molecule has 2 aromatic heterocycles. The van der Waals surface area contributed by atoms with Crippen molar-refractivity contribution in [2.24, 2.45) is 5.14 Å². The number of ether oxygens (including phenoxy) is 1. The van der Waals surface area contributed by atoms with Crippen LogP contribution in [0.2, 0.25) is 0 Å². The Hall–Kier alpha value is -2.70. The maximum atomic E-state index is 12.4. The van der Waals surface area contributed by atoms with Crippen molar-refractivity contribution >= 4 is 38.8 Å². The van der Waals surface area contributed by atoms with Crippen molar-refractivity contribution in [3.63, 3.8) is 0 Å². The Morgan fingerprint density at radius 2 is 2.00 bits per heavy atom. The number of hydrogen-bond donors (Lipinski definition) is 2. The number of sulfonamides is 1. The number of primary sulfonamides is 1. The molecule has 0 amide bonds. The van der Waals surface area contributed by atoms with Crippen LogP contribution in [0.25, 0.3) is 16.7 Å². The highest BCUT2D eigenvalue weighted by Gasteiger charge is 2.22. The van der Waals surface area contributed by atoms with Crippen LogP contribution in [0.1, 0.15) is 20.3 Å². The molecule has 1 unspecified atom stereocenters. The summed E-state index contributed by atoms with van der Waals surface area (Å²) in [6.07, 6.45) is 1.87. The zero-order valence-electron chi connectivity index (χ0n) is 15.7. The van der Waals surface area contributed by atoms with Crippen LogP contribution in [0.3, 0.4) is 0 Å². The Balaban J connectivity index is 2.01. The average molecular weight is 438 g/mol. The molecule has 0 aliphatic carbocycles. The van der Waals surface area contributed by atoms with Crippen molar-refractivity contribution < 1.29 is 17.9 Å². The molecule has 10 nitrogen and oxygen atoms in total. The number of thioether (sulfide) groups is 1. The maximum absolute atomic E-state index is 12.4. The Labute approximate surface area is 170 Å². The van der Waals surface area contributed by atoms with Crippen LogP contribution >= 0.6 is 11.8 Å². The monoisotopic (exact) mass is 437 g/mol. The molecule has 0 radical (unpaired) electrons. The summed E-state index contributed by atoms with van der Waals surface area (Å²) in [5.41, 5.74) is 0.376. The van der Waals surface area contributed by atoms with Crippen molar-refractivity contribution in [2.75, 3.05) is 6.61 Å². The van der Waals surface area contributed by atoms with Crippen molar-refractivity contribution in [2.45, 2.75) is 35.6 Å². The van der Waals surface area contributed by atoms with Gasteiger partial charge < -0.3 is 9.72 Å². The molecule has 0 aliphatic rings. The van der Waals surface area contributed by atoms with Crippen LogP contribution in [0.5, 0.6) is 0 Å². The van der Waals surface area contributed by atoms with E-state index in [1.807, 2.05) is 6.92 Å². The zero-order valence-corrected chi connectivity index (χ0v) is 17.3. The number of aromatic amines is 1. The topological polar surface area (TPSA) is 150 Å². The molecule has 0 bridgehead atoms. The van der Waals surface area contributed by atoms with E-state index < -0.39 is 20.8 Å². The molecule has 3 rings (SSSR count). The summed E-state index contributed by atoms with van der Waals surface area (Å²) in [5, 5.41) is 9.29. The number of hydrogen-bond acceptors (Lipinski definition) is 8. The summed E-state index contributed by atoms with van der Waals surface area (Å²) in [6.45, 7) is 3.82. The van der Waals surface area contributed by atoms with Gasteiger partial charge in [-0.05, 0) is 37.6 Å². The van der Waals surface area contributed by atoms with E-state index in [0.717, 1.165) is 11.8 Å². The first kappa shape index (κ1) is 21.0. The minimum absolute atomic E-state index is 0.0417. The fourth-order valence-electron chi connectivity index (χ4n) is 2.59. The predicted octanol–water partition coefficient (Wildman–Crippen LogP) is 1.19. The molecule has 3 aromatic rings. The highest BCUT2D eigenvalue weighted by Crippen LogP contribution is 2.24. The molecular weight excluding hydrogens is 418 g/mol. The normalized spacial score (nSPS) is 12.8. The summed E-state index contributed by atoms with van der Waals surface area (Å²) in [6, 6.07) is 5.70. The lowest BCUT2D eigenvalue weighted by atomic mass is 10.3. The van der Waals surface area contributed by atoms with Gasteiger partial charge in [-0.25, -0.2) is 23.2 Å². The molecule has 0 spiro atoms. The molecule has 154 valence electrons. The lowest BCUT2D eigenvalue weighted by Crippen LogP contribution is -2.20. The summed E-state index contributed by atoms with van der Waals surface area (Å²) >= 11 is 1.10. The lowest BCUT2D eigenvalue weighted by molar-refractivity contribution is -0.142. The van der Waals surface area contributed by atoms with Crippen LogP contribution in [-0.2, 0) is 19.6 Å². The smallest absolute Gasteiger partial charge is 0.319 e. The van der Waals surface area contributed by atoms with Gasteiger partial charge in [0.25, 0.3) is 5.56 Å². The van der Waals surface area contributed by atoms with Crippen LogP contribution in [0.15, 0.2) is 45.3 Å². The summed E-state index contributed by atoms with van der Waals surface area (Å²) in [5.74, 6) is -0.380. The Bertz CT molecular complexity index is 1200. The average Bonchev–Trinajstić information content (AvgIpc) is 3.10. The molecule has 1 atom stereocenters. The predicted molar refractivity (Wildman–Crippen MR) is 107 cm³/mol. The quantitative estimate of drug-likeness (QED) is 0.318. The van der Waals surface area contributed by atoms with Gasteiger partial charge in [0.15, 0.2) is 10.8 Å². The summed E-state index contributed by atoms with van der Waals surface area (Å²) in [7, 11) is -3.82. The van der Waals surface area contributed by atoms with Gasteiger partial charge in [0.05, 0.1) is 23.4 Å².